The number of halogens is 2. The van der Waals surface area contributed by atoms with E-state index in [0.29, 0.717) is 27.6 Å². The normalized spacial score (nSPS) is 13.1. The van der Waals surface area contributed by atoms with Crippen LogP contribution < -0.4 is 10.1 Å². The average molecular weight is 438 g/mol. The fraction of sp³-hybridized carbons (Fsp3) is 0. The van der Waals surface area contributed by atoms with Gasteiger partial charge in [-0.15, -0.1) is 0 Å². The summed E-state index contributed by atoms with van der Waals surface area (Å²) in [6.45, 7) is 0. The molecule has 3 aromatic carbocycles. The van der Waals surface area contributed by atoms with Gasteiger partial charge in [0.05, 0.1) is 5.56 Å². The van der Waals surface area contributed by atoms with Crippen LogP contribution in [-0.4, -0.2) is 17.5 Å². The van der Waals surface area contributed by atoms with Crippen LogP contribution in [0.4, 0.5) is 5.69 Å². The van der Waals surface area contributed by atoms with Crippen molar-refractivity contribution in [3.63, 3.8) is 0 Å². The summed E-state index contributed by atoms with van der Waals surface area (Å²) in [6.07, 6.45) is 0. The van der Waals surface area contributed by atoms with E-state index in [0.717, 1.165) is 0 Å². The molecule has 7 heteroatoms. The van der Waals surface area contributed by atoms with Crippen molar-refractivity contribution < 1.29 is 19.1 Å². The first-order chi connectivity index (χ1) is 14.4. The van der Waals surface area contributed by atoms with E-state index in [9.17, 15) is 14.4 Å². The van der Waals surface area contributed by atoms with Crippen LogP contribution in [0.3, 0.4) is 0 Å². The molecule has 0 fully saturated rings. The van der Waals surface area contributed by atoms with Crippen LogP contribution in [-0.2, 0) is 0 Å². The molecule has 0 radical (unpaired) electrons. The van der Waals surface area contributed by atoms with Crippen LogP contribution in [0.1, 0.15) is 31.1 Å². The summed E-state index contributed by atoms with van der Waals surface area (Å²) < 4.78 is 5.32. The molecule has 1 aliphatic carbocycles. The van der Waals surface area contributed by atoms with Crippen molar-refractivity contribution in [2.75, 3.05) is 5.32 Å². The second-order valence-corrected chi connectivity index (χ2v) is 7.25. The topological polar surface area (TPSA) is 72.5 Å². The maximum Gasteiger partial charge on any atom is 0.343 e. The molecule has 4 rings (SSSR count). The lowest BCUT2D eigenvalue weighted by Crippen LogP contribution is -2.24. The van der Waals surface area contributed by atoms with Crippen LogP contribution >= 0.6 is 23.2 Å². The first-order valence-corrected chi connectivity index (χ1v) is 9.62. The largest absolute Gasteiger partial charge is 0.423 e. The van der Waals surface area contributed by atoms with Gasteiger partial charge < -0.3 is 10.1 Å². The monoisotopic (exact) mass is 437 g/mol. The maximum absolute atomic E-state index is 12.7. The third kappa shape index (κ3) is 3.85. The number of ether oxygens (including phenoxy) is 1. The Morgan fingerprint density at radius 1 is 0.767 bits per heavy atom. The summed E-state index contributed by atoms with van der Waals surface area (Å²) in [4.78, 5) is 37.4. The van der Waals surface area contributed by atoms with Gasteiger partial charge in [0.2, 0.25) is 11.6 Å². The summed E-state index contributed by atoms with van der Waals surface area (Å²) in [5, 5.41) is 3.24. The highest BCUT2D eigenvalue weighted by Crippen LogP contribution is 2.30. The summed E-state index contributed by atoms with van der Waals surface area (Å²) >= 11 is 12.0. The van der Waals surface area contributed by atoms with E-state index in [1.807, 2.05) is 0 Å². The second kappa shape index (κ2) is 8.14. The Hall–Kier alpha value is -3.41. The molecule has 1 N–H and O–H groups in total. The van der Waals surface area contributed by atoms with Crippen molar-refractivity contribution in [3.8, 4) is 5.75 Å². The van der Waals surface area contributed by atoms with E-state index in [-0.39, 0.29) is 22.1 Å². The summed E-state index contributed by atoms with van der Waals surface area (Å²) in [7, 11) is 0. The molecule has 148 valence electrons. The number of hydrogen-bond acceptors (Lipinski definition) is 5. The third-order valence-electron chi connectivity index (χ3n) is 4.48. The van der Waals surface area contributed by atoms with Gasteiger partial charge in [-0.25, -0.2) is 4.79 Å². The first kappa shape index (κ1) is 19.9. The summed E-state index contributed by atoms with van der Waals surface area (Å²) in [5.41, 5.74) is 1.45. The Morgan fingerprint density at radius 2 is 1.37 bits per heavy atom. The molecule has 5 nitrogen and oxygen atoms in total. The van der Waals surface area contributed by atoms with Crippen LogP contribution in [0.5, 0.6) is 5.75 Å². The molecule has 0 amide bonds. The van der Waals surface area contributed by atoms with Gasteiger partial charge in [-0.3, -0.25) is 9.59 Å². The van der Waals surface area contributed by atoms with E-state index in [2.05, 4.69) is 5.32 Å². The van der Waals surface area contributed by atoms with E-state index in [4.69, 9.17) is 27.9 Å². The fourth-order valence-corrected chi connectivity index (χ4v) is 3.32. The third-order valence-corrected chi connectivity index (χ3v) is 5.09. The van der Waals surface area contributed by atoms with Gasteiger partial charge in [0.15, 0.2) is 0 Å². The molecule has 3 aromatic rings. The Balaban J connectivity index is 1.50. The van der Waals surface area contributed by atoms with Gasteiger partial charge in [-0.2, -0.15) is 0 Å². The van der Waals surface area contributed by atoms with Crippen molar-refractivity contribution in [2.45, 2.75) is 0 Å². The van der Waals surface area contributed by atoms with Crippen LogP contribution in [0.2, 0.25) is 5.02 Å². The Labute approximate surface area is 181 Å². The van der Waals surface area contributed by atoms with E-state index in [1.54, 1.807) is 72.8 Å². The first-order valence-electron chi connectivity index (χ1n) is 8.87. The number of Topliss-reactive ketones (excluding diaryl/α,β-unsaturated/α-hetero) is 2. The Bertz CT molecular complexity index is 1200. The minimum Gasteiger partial charge on any atom is -0.423 e. The number of allylic oxidation sites excluding steroid dienone is 2. The van der Waals surface area contributed by atoms with E-state index >= 15 is 0 Å². The van der Waals surface area contributed by atoms with Gasteiger partial charge in [0, 0.05) is 21.8 Å². The summed E-state index contributed by atoms with van der Waals surface area (Å²) in [6, 6.07) is 19.2. The molecule has 0 saturated carbocycles. The van der Waals surface area contributed by atoms with Gasteiger partial charge in [-0.05, 0) is 48.5 Å². The van der Waals surface area contributed by atoms with Gasteiger partial charge >= 0.3 is 5.97 Å². The fourth-order valence-electron chi connectivity index (χ4n) is 2.96. The van der Waals surface area contributed by atoms with Gasteiger partial charge in [-0.1, -0.05) is 47.5 Å². The number of nitrogens with one attached hydrogen (secondary N) is 1. The lowest BCUT2D eigenvalue weighted by molar-refractivity contribution is 0.0734. The molecule has 0 unspecified atom stereocenters. The quantitative estimate of drug-likeness (QED) is 0.430. The number of esters is 1. The number of rotatable bonds is 4. The number of carbonyl (C=O) groups is 3. The standard InChI is InChI=1S/C23H13Cl2NO4/c24-14-7-5-13(6-8-14)23(29)30-16-11-9-15(10-12-16)26-20-19(25)21(27)17-3-1-2-4-18(17)22(20)28/h1-12,26H. The molecule has 0 aromatic heterocycles. The molecule has 0 bridgehead atoms. The minimum absolute atomic E-state index is 0.00581. The van der Waals surface area contributed by atoms with Crippen LogP contribution in [0.25, 0.3) is 0 Å². The number of benzene rings is 3. The molecule has 0 spiro atoms. The predicted octanol–water partition coefficient (Wildman–Crippen LogP) is 5.50. The number of fused-ring (bicyclic) bond motifs is 1. The zero-order valence-corrected chi connectivity index (χ0v) is 16.8. The molecule has 0 heterocycles. The molecule has 0 saturated heterocycles. The molecule has 30 heavy (non-hydrogen) atoms. The number of hydrogen-bond donors (Lipinski definition) is 1. The molecule has 0 atom stereocenters. The van der Waals surface area contributed by atoms with Crippen molar-refractivity contribution in [1.82, 2.24) is 0 Å². The number of anilines is 1. The smallest absolute Gasteiger partial charge is 0.343 e. The maximum atomic E-state index is 12.7. The van der Waals surface area contributed by atoms with Crippen LogP contribution in [0, 0.1) is 0 Å². The van der Waals surface area contributed by atoms with E-state index < -0.39 is 11.8 Å². The number of ketones is 2. The van der Waals surface area contributed by atoms with E-state index in [1.165, 1.54) is 0 Å². The lowest BCUT2D eigenvalue weighted by Gasteiger charge is -2.19. The highest BCUT2D eigenvalue weighted by Gasteiger charge is 2.31. The molecule has 0 aliphatic heterocycles. The lowest BCUT2D eigenvalue weighted by atomic mass is 9.92. The number of carbonyl (C=O) groups excluding carboxylic acids is 3. The average Bonchev–Trinajstić information content (AvgIpc) is 2.77. The second-order valence-electron chi connectivity index (χ2n) is 6.44. The van der Waals surface area contributed by atoms with Crippen molar-refractivity contribution >= 4 is 46.4 Å². The predicted molar refractivity (Wildman–Crippen MR) is 114 cm³/mol. The minimum atomic E-state index is -0.525. The van der Waals surface area contributed by atoms with Crippen LogP contribution in [0.15, 0.2) is 83.5 Å². The SMILES string of the molecule is O=C(Oc1ccc(NC2=C(Cl)C(=O)c3ccccc3C2=O)cc1)c1ccc(Cl)cc1. The van der Waals surface area contributed by atoms with Crippen molar-refractivity contribution in [2.24, 2.45) is 0 Å². The van der Waals surface area contributed by atoms with Gasteiger partial charge in [0.25, 0.3) is 0 Å². The summed E-state index contributed by atoms with van der Waals surface area (Å²) in [5.74, 6) is -0.990. The zero-order chi connectivity index (χ0) is 21.3. The highest BCUT2D eigenvalue weighted by molar-refractivity contribution is 6.50. The Morgan fingerprint density at radius 3 is 2.00 bits per heavy atom. The van der Waals surface area contributed by atoms with Gasteiger partial charge in [0.1, 0.15) is 16.5 Å². The zero-order valence-electron chi connectivity index (χ0n) is 15.3. The Kier molecular flexibility index (Phi) is 5.40. The highest BCUT2D eigenvalue weighted by atomic mass is 35.5. The molecular weight excluding hydrogens is 425 g/mol. The molecular formula is C23H13Cl2NO4. The van der Waals surface area contributed by atoms with Crippen molar-refractivity contribution in [3.05, 3.63) is 105 Å². The molecule has 1 aliphatic rings. The van der Waals surface area contributed by atoms with Crippen molar-refractivity contribution in [1.29, 1.82) is 0 Å².